The van der Waals surface area contributed by atoms with Crippen molar-refractivity contribution in [2.45, 2.75) is 9.79 Å². The van der Waals surface area contributed by atoms with E-state index < -0.39 is 0 Å². The van der Waals surface area contributed by atoms with Crippen LogP contribution in [0.1, 0.15) is 0 Å². The Balaban J connectivity index is 2.31. The molecule has 0 saturated carbocycles. The zero-order chi connectivity index (χ0) is 12.4. The predicted octanol–water partition coefficient (Wildman–Crippen LogP) is 5.36. The van der Waals surface area contributed by atoms with E-state index in [0.29, 0.717) is 21.5 Å². The molecule has 5 heteroatoms. The molecular weight excluding hydrogens is 295 g/mol. The van der Waals surface area contributed by atoms with E-state index in [1.54, 1.807) is 36.4 Å². The van der Waals surface area contributed by atoms with Crippen LogP contribution in [0.25, 0.3) is 0 Å². The molecule has 0 amide bonds. The van der Waals surface area contributed by atoms with Crippen LogP contribution in [0.5, 0.6) is 11.5 Å². The highest BCUT2D eigenvalue weighted by Gasteiger charge is 2.07. The molecule has 0 aromatic heterocycles. The fourth-order valence-corrected chi connectivity index (χ4v) is 2.26. The molecule has 2 rings (SSSR count). The maximum absolute atomic E-state index is 6.03. The molecule has 1 nitrogen and oxygen atoms in total. The molecule has 0 spiro atoms. The quantitative estimate of drug-likeness (QED) is 0.710. The third-order valence-corrected chi connectivity index (χ3v) is 3.20. The van der Waals surface area contributed by atoms with Crippen LogP contribution < -0.4 is 4.74 Å². The van der Waals surface area contributed by atoms with E-state index in [-0.39, 0.29) is 0 Å². The van der Waals surface area contributed by atoms with Crippen LogP contribution in [0.15, 0.2) is 46.2 Å². The molecule has 0 radical (unpaired) electrons. The molecule has 0 atom stereocenters. The molecule has 0 fully saturated rings. The van der Waals surface area contributed by atoms with Gasteiger partial charge in [0.2, 0.25) is 0 Å². The minimum Gasteiger partial charge on any atom is -0.454 e. The number of halogens is 2. The molecule has 0 bridgehead atoms. The van der Waals surface area contributed by atoms with Crippen molar-refractivity contribution in [3.63, 3.8) is 0 Å². The summed E-state index contributed by atoms with van der Waals surface area (Å²) in [5, 5.41) is 0.979. The first-order valence-electron chi connectivity index (χ1n) is 4.71. The van der Waals surface area contributed by atoms with Crippen LogP contribution in [-0.2, 0) is 0 Å². The lowest BCUT2D eigenvalue weighted by molar-refractivity contribution is 0.482. The Kier molecular flexibility index (Phi) is 4.15. The lowest BCUT2D eigenvalue weighted by atomic mass is 10.3. The first-order chi connectivity index (χ1) is 8.06. The highest BCUT2D eigenvalue weighted by Crippen LogP contribution is 2.35. The van der Waals surface area contributed by atoms with Gasteiger partial charge in [-0.25, -0.2) is 0 Å². The Morgan fingerprint density at radius 3 is 1.53 bits per heavy atom. The largest absolute Gasteiger partial charge is 0.454 e. The summed E-state index contributed by atoms with van der Waals surface area (Å²) in [6.07, 6.45) is 0. The van der Waals surface area contributed by atoms with Crippen molar-refractivity contribution in [2.75, 3.05) is 0 Å². The average Bonchev–Trinajstić information content (AvgIpc) is 2.25. The predicted molar refractivity (Wildman–Crippen MR) is 77.5 cm³/mol. The van der Waals surface area contributed by atoms with E-state index in [0.717, 1.165) is 9.79 Å². The minimum absolute atomic E-state index is 0.489. The molecule has 0 aliphatic carbocycles. The number of benzene rings is 2. The second-order valence-corrected chi connectivity index (χ2v) is 5.18. The van der Waals surface area contributed by atoms with Crippen molar-refractivity contribution in [2.24, 2.45) is 0 Å². The second kappa shape index (κ2) is 5.44. The van der Waals surface area contributed by atoms with E-state index in [1.807, 2.05) is 0 Å². The Morgan fingerprint density at radius 1 is 0.765 bits per heavy atom. The van der Waals surface area contributed by atoms with Gasteiger partial charge in [-0.1, -0.05) is 23.2 Å². The first kappa shape index (κ1) is 13.0. The molecule has 0 heterocycles. The average molecular weight is 303 g/mol. The van der Waals surface area contributed by atoms with Gasteiger partial charge in [-0.3, -0.25) is 0 Å². The van der Waals surface area contributed by atoms with Gasteiger partial charge in [-0.15, -0.1) is 25.3 Å². The number of rotatable bonds is 2. The molecule has 0 N–H and O–H groups in total. The first-order valence-corrected chi connectivity index (χ1v) is 6.36. The molecule has 2 aromatic rings. The minimum atomic E-state index is 0.489. The van der Waals surface area contributed by atoms with Crippen molar-refractivity contribution in [3.8, 4) is 11.5 Å². The molecule has 0 aliphatic rings. The highest BCUT2D eigenvalue weighted by molar-refractivity contribution is 7.80. The zero-order valence-electron chi connectivity index (χ0n) is 8.52. The summed E-state index contributed by atoms with van der Waals surface area (Å²) < 4.78 is 5.62. The van der Waals surface area contributed by atoms with Crippen LogP contribution in [0.3, 0.4) is 0 Å². The summed E-state index contributed by atoms with van der Waals surface area (Å²) >= 11 is 20.4. The lowest BCUT2D eigenvalue weighted by Gasteiger charge is -2.09. The number of ether oxygens (including phenoxy) is 1. The SMILES string of the molecule is Sc1ccc(Oc2ccc(S)cc2Cl)c(Cl)c1. The zero-order valence-corrected chi connectivity index (χ0v) is 11.8. The topological polar surface area (TPSA) is 9.23 Å². The molecule has 17 heavy (non-hydrogen) atoms. The van der Waals surface area contributed by atoms with Gasteiger partial charge in [0.05, 0.1) is 10.0 Å². The molecule has 0 saturated heterocycles. The maximum Gasteiger partial charge on any atom is 0.146 e. The van der Waals surface area contributed by atoms with Crippen molar-refractivity contribution in [1.82, 2.24) is 0 Å². The van der Waals surface area contributed by atoms with Gasteiger partial charge in [0, 0.05) is 9.79 Å². The summed E-state index contributed by atoms with van der Waals surface area (Å²) in [5.41, 5.74) is 0. The number of thiol groups is 2. The van der Waals surface area contributed by atoms with Crippen LogP contribution >= 0.6 is 48.5 Å². The van der Waals surface area contributed by atoms with Crippen molar-refractivity contribution >= 4 is 48.5 Å². The molecule has 0 unspecified atom stereocenters. The molecule has 88 valence electrons. The normalized spacial score (nSPS) is 10.4. The summed E-state index contributed by atoms with van der Waals surface area (Å²) in [6, 6.07) is 10.5. The smallest absolute Gasteiger partial charge is 0.146 e. The van der Waals surface area contributed by atoms with E-state index in [9.17, 15) is 0 Å². The highest BCUT2D eigenvalue weighted by atomic mass is 35.5. The van der Waals surface area contributed by atoms with Crippen molar-refractivity contribution in [3.05, 3.63) is 46.4 Å². The third kappa shape index (κ3) is 3.26. The maximum atomic E-state index is 6.03. The van der Waals surface area contributed by atoms with Crippen LogP contribution in [-0.4, -0.2) is 0 Å². The van der Waals surface area contributed by atoms with Crippen LogP contribution in [0.4, 0.5) is 0 Å². The van der Waals surface area contributed by atoms with E-state index >= 15 is 0 Å². The van der Waals surface area contributed by atoms with Gasteiger partial charge in [0.1, 0.15) is 11.5 Å². The Morgan fingerprint density at radius 2 is 1.18 bits per heavy atom. The Bertz CT molecular complexity index is 509. The molecule has 0 aliphatic heterocycles. The Hall–Kier alpha value is -0.480. The monoisotopic (exact) mass is 302 g/mol. The fraction of sp³-hybridized carbons (Fsp3) is 0. The lowest BCUT2D eigenvalue weighted by Crippen LogP contribution is -1.86. The van der Waals surface area contributed by atoms with Gasteiger partial charge in [0.25, 0.3) is 0 Å². The third-order valence-electron chi connectivity index (χ3n) is 2.05. The van der Waals surface area contributed by atoms with Gasteiger partial charge in [-0.05, 0) is 36.4 Å². The van der Waals surface area contributed by atoms with Crippen molar-refractivity contribution in [1.29, 1.82) is 0 Å². The molecular formula is C12H8Cl2OS2. The van der Waals surface area contributed by atoms with Crippen LogP contribution in [0, 0.1) is 0 Å². The van der Waals surface area contributed by atoms with Crippen molar-refractivity contribution < 1.29 is 4.74 Å². The number of hydrogen-bond donors (Lipinski definition) is 2. The summed E-state index contributed by atoms with van der Waals surface area (Å²) in [4.78, 5) is 1.55. The second-order valence-electron chi connectivity index (χ2n) is 3.33. The summed E-state index contributed by atoms with van der Waals surface area (Å²) in [6.45, 7) is 0. The van der Waals surface area contributed by atoms with Gasteiger partial charge in [-0.2, -0.15) is 0 Å². The van der Waals surface area contributed by atoms with Gasteiger partial charge >= 0.3 is 0 Å². The summed E-state index contributed by atoms with van der Waals surface area (Å²) in [5.74, 6) is 1.08. The standard InChI is InChI=1S/C12H8Cl2OS2/c13-9-5-7(16)1-3-11(9)15-12-4-2-8(17)6-10(12)14/h1-6,16-17H. The summed E-state index contributed by atoms with van der Waals surface area (Å²) in [7, 11) is 0. The fourth-order valence-electron chi connectivity index (χ4n) is 1.26. The van der Waals surface area contributed by atoms with E-state index in [1.165, 1.54) is 0 Å². The van der Waals surface area contributed by atoms with Gasteiger partial charge < -0.3 is 4.74 Å². The number of hydrogen-bond acceptors (Lipinski definition) is 3. The van der Waals surface area contributed by atoms with E-state index in [2.05, 4.69) is 25.3 Å². The Labute approximate surface area is 121 Å². The van der Waals surface area contributed by atoms with E-state index in [4.69, 9.17) is 27.9 Å². The van der Waals surface area contributed by atoms with Crippen LogP contribution in [0.2, 0.25) is 10.0 Å². The molecule has 2 aromatic carbocycles. The van der Waals surface area contributed by atoms with Gasteiger partial charge in [0.15, 0.2) is 0 Å².